The number of nitrogen functional groups attached to an aromatic ring is 1. The number of aryl methyl sites for hydroxylation is 1. The molecular weight excluding hydrogens is 386 g/mol. The van der Waals surface area contributed by atoms with Crippen LogP contribution in [0.15, 0.2) is 60.8 Å². The number of amides is 1. The van der Waals surface area contributed by atoms with E-state index in [9.17, 15) is 4.79 Å². The Bertz CT molecular complexity index is 1060. The predicted octanol–water partition coefficient (Wildman–Crippen LogP) is 3.64. The topological polar surface area (TPSA) is 74.5 Å². The van der Waals surface area contributed by atoms with Gasteiger partial charge in [-0.1, -0.05) is 30.3 Å². The van der Waals surface area contributed by atoms with Crippen molar-refractivity contribution in [1.82, 2.24) is 14.8 Å². The van der Waals surface area contributed by atoms with E-state index in [0.29, 0.717) is 16.9 Å². The average Bonchev–Trinajstić information content (AvgIpc) is 2.77. The minimum Gasteiger partial charge on any atom is -0.397 e. The Morgan fingerprint density at radius 3 is 2.45 bits per heavy atom. The van der Waals surface area contributed by atoms with Crippen molar-refractivity contribution in [3.63, 3.8) is 0 Å². The number of hydrogen-bond acceptors (Lipinski definition) is 5. The van der Waals surface area contributed by atoms with Crippen molar-refractivity contribution in [2.24, 2.45) is 0 Å². The molecule has 1 saturated heterocycles. The Kier molecular flexibility index (Phi) is 6.30. The molecule has 0 radical (unpaired) electrons. The SMILES string of the molecule is Cc1cc(CN2CCN(C)CC2)cnc1-c1ccc(C(=O)Nc2ccccc2N)cc1. The van der Waals surface area contributed by atoms with Crippen molar-refractivity contribution in [2.75, 3.05) is 44.3 Å². The van der Waals surface area contributed by atoms with E-state index >= 15 is 0 Å². The van der Waals surface area contributed by atoms with Crippen molar-refractivity contribution in [1.29, 1.82) is 0 Å². The number of para-hydroxylation sites is 2. The Balaban J connectivity index is 1.43. The number of pyridine rings is 1. The van der Waals surface area contributed by atoms with E-state index in [1.165, 1.54) is 5.56 Å². The molecule has 2 heterocycles. The summed E-state index contributed by atoms with van der Waals surface area (Å²) in [7, 11) is 2.17. The highest BCUT2D eigenvalue weighted by atomic mass is 16.1. The monoisotopic (exact) mass is 415 g/mol. The summed E-state index contributed by atoms with van der Waals surface area (Å²) in [5, 5.41) is 2.86. The zero-order valence-electron chi connectivity index (χ0n) is 18.1. The molecule has 160 valence electrons. The van der Waals surface area contributed by atoms with E-state index in [1.807, 2.05) is 42.6 Å². The molecule has 0 spiro atoms. The number of carbonyl (C=O) groups is 1. The maximum Gasteiger partial charge on any atom is 0.255 e. The molecular formula is C25H29N5O. The summed E-state index contributed by atoms with van der Waals surface area (Å²) < 4.78 is 0. The van der Waals surface area contributed by atoms with Crippen molar-refractivity contribution in [3.05, 3.63) is 77.5 Å². The summed E-state index contributed by atoms with van der Waals surface area (Å²) in [6, 6.07) is 17.0. The molecule has 1 aliphatic rings. The largest absolute Gasteiger partial charge is 0.397 e. The van der Waals surface area contributed by atoms with Gasteiger partial charge in [0, 0.05) is 50.0 Å². The van der Waals surface area contributed by atoms with Crippen molar-refractivity contribution in [2.45, 2.75) is 13.5 Å². The van der Waals surface area contributed by atoms with Crippen molar-refractivity contribution in [3.8, 4) is 11.3 Å². The number of anilines is 2. The molecule has 1 aliphatic heterocycles. The second-order valence-corrected chi connectivity index (χ2v) is 8.21. The third kappa shape index (κ3) is 5.10. The van der Waals surface area contributed by atoms with Crippen LogP contribution in [0, 0.1) is 6.92 Å². The highest BCUT2D eigenvalue weighted by molar-refractivity contribution is 6.05. The second kappa shape index (κ2) is 9.29. The molecule has 1 aromatic heterocycles. The molecule has 31 heavy (non-hydrogen) atoms. The maximum atomic E-state index is 12.5. The molecule has 1 amide bonds. The van der Waals surface area contributed by atoms with E-state index in [2.05, 4.69) is 35.2 Å². The van der Waals surface area contributed by atoms with Gasteiger partial charge in [0.05, 0.1) is 17.1 Å². The first-order valence-corrected chi connectivity index (χ1v) is 10.6. The molecule has 3 aromatic rings. The van der Waals surface area contributed by atoms with Crippen LogP contribution in [0.1, 0.15) is 21.5 Å². The van der Waals surface area contributed by atoms with Crippen LogP contribution >= 0.6 is 0 Å². The molecule has 2 aromatic carbocycles. The van der Waals surface area contributed by atoms with E-state index < -0.39 is 0 Å². The van der Waals surface area contributed by atoms with Gasteiger partial charge < -0.3 is 16.0 Å². The van der Waals surface area contributed by atoms with Gasteiger partial charge in [0.25, 0.3) is 5.91 Å². The Hall–Kier alpha value is -3.22. The Labute approximate surface area is 183 Å². The standard InChI is InChI=1S/C25H29N5O/c1-18-15-19(17-30-13-11-29(2)12-14-30)16-27-24(18)20-7-9-21(10-8-20)25(31)28-23-6-4-3-5-22(23)26/h3-10,15-16H,11-14,17,26H2,1-2H3,(H,28,31). The van der Waals surface area contributed by atoms with Gasteiger partial charge in [-0.25, -0.2) is 0 Å². The summed E-state index contributed by atoms with van der Waals surface area (Å²) >= 11 is 0. The number of likely N-dealkylation sites (N-methyl/N-ethyl adjacent to an activating group) is 1. The van der Waals surface area contributed by atoms with Crippen LogP contribution < -0.4 is 11.1 Å². The fourth-order valence-corrected chi connectivity index (χ4v) is 3.87. The number of nitrogens with one attached hydrogen (secondary N) is 1. The predicted molar refractivity (Wildman–Crippen MR) is 126 cm³/mol. The molecule has 6 heteroatoms. The van der Waals surface area contributed by atoms with E-state index in [0.717, 1.165) is 49.5 Å². The van der Waals surface area contributed by atoms with E-state index in [4.69, 9.17) is 10.7 Å². The number of nitrogens with zero attached hydrogens (tertiary/aromatic N) is 3. The highest BCUT2D eigenvalue weighted by Gasteiger charge is 2.15. The third-order valence-corrected chi connectivity index (χ3v) is 5.77. The number of piperazine rings is 1. The van der Waals surface area contributed by atoms with Crippen LogP contribution in [0.5, 0.6) is 0 Å². The number of nitrogens with two attached hydrogens (primary N) is 1. The lowest BCUT2D eigenvalue weighted by molar-refractivity contribution is 0.102. The van der Waals surface area contributed by atoms with Gasteiger partial charge in [0.2, 0.25) is 0 Å². The van der Waals surface area contributed by atoms with Crippen LogP contribution in [0.4, 0.5) is 11.4 Å². The molecule has 0 bridgehead atoms. The third-order valence-electron chi connectivity index (χ3n) is 5.77. The minimum atomic E-state index is -0.184. The summed E-state index contributed by atoms with van der Waals surface area (Å²) in [6.07, 6.45) is 1.97. The maximum absolute atomic E-state index is 12.5. The minimum absolute atomic E-state index is 0.184. The normalized spacial score (nSPS) is 15.0. The number of rotatable bonds is 5. The van der Waals surface area contributed by atoms with Gasteiger partial charge in [-0.3, -0.25) is 14.7 Å². The van der Waals surface area contributed by atoms with E-state index in [1.54, 1.807) is 12.1 Å². The number of aromatic nitrogens is 1. The Morgan fingerprint density at radius 1 is 1.06 bits per heavy atom. The van der Waals surface area contributed by atoms with Crippen LogP contribution in [0.3, 0.4) is 0 Å². The Morgan fingerprint density at radius 2 is 1.77 bits per heavy atom. The quantitative estimate of drug-likeness (QED) is 0.623. The first-order valence-electron chi connectivity index (χ1n) is 10.6. The van der Waals surface area contributed by atoms with Crippen molar-refractivity contribution < 1.29 is 4.79 Å². The van der Waals surface area contributed by atoms with E-state index in [-0.39, 0.29) is 5.91 Å². The van der Waals surface area contributed by atoms with Gasteiger partial charge in [-0.2, -0.15) is 0 Å². The van der Waals surface area contributed by atoms with Gasteiger partial charge in [0.1, 0.15) is 0 Å². The highest BCUT2D eigenvalue weighted by Crippen LogP contribution is 2.24. The number of carbonyl (C=O) groups excluding carboxylic acids is 1. The molecule has 0 unspecified atom stereocenters. The molecule has 0 atom stereocenters. The average molecular weight is 416 g/mol. The second-order valence-electron chi connectivity index (χ2n) is 8.21. The van der Waals surface area contributed by atoms with Crippen LogP contribution in [-0.2, 0) is 6.54 Å². The van der Waals surface area contributed by atoms with Crippen LogP contribution in [-0.4, -0.2) is 53.9 Å². The van der Waals surface area contributed by atoms with Gasteiger partial charge in [-0.15, -0.1) is 0 Å². The van der Waals surface area contributed by atoms with Crippen LogP contribution in [0.25, 0.3) is 11.3 Å². The summed E-state index contributed by atoms with van der Waals surface area (Å²) in [5.74, 6) is -0.184. The summed E-state index contributed by atoms with van der Waals surface area (Å²) in [6.45, 7) is 7.44. The molecule has 0 saturated carbocycles. The molecule has 1 fully saturated rings. The lowest BCUT2D eigenvalue weighted by Gasteiger charge is -2.32. The zero-order chi connectivity index (χ0) is 21.8. The van der Waals surface area contributed by atoms with Gasteiger partial charge >= 0.3 is 0 Å². The lowest BCUT2D eigenvalue weighted by atomic mass is 10.0. The summed E-state index contributed by atoms with van der Waals surface area (Å²) in [5.41, 5.74) is 12.0. The molecule has 0 aliphatic carbocycles. The van der Waals surface area contributed by atoms with Gasteiger partial charge in [0.15, 0.2) is 0 Å². The van der Waals surface area contributed by atoms with Crippen molar-refractivity contribution >= 4 is 17.3 Å². The van der Waals surface area contributed by atoms with Crippen LogP contribution in [0.2, 0.25) is 0 Å². The zero-order valence-corrected chi connectivity index (χ0v) is 18.1. The molecule has 4 rings (SSSR count). The van der Waals surface area contributed by atoms with Gasteiger partial charge in [-0.05, 0) is 49.4 Å². The summed E-state index contributed by atoms with van der Waals surface area (Å²) in [4.78, 5) is 22.1. The first kappa shape index (κ1) is 21.0. The smallest absolute Gasteiger partial charge is 0.255 e. The number of benzene rings is 2. The lowest BCUT2D eigenvalue weighted by Crippen LogP contribution is -2.43. The molecule has 3 N–H and O–H groups in total. The number of hydrogen-bond donors (Lipinski definition) is 2. The fraction of sp³-hybridized carbons (Fsp3) is 0.280. The fourth-order valence-electron chi connectivity index (χ4n) is 3.87. The first-order chi connectivity index (χ1) is 15.0. The molecule has 6 nitrogen and oxygen atoms in total.